The highest BCUT2D eigenvalue weighted by atomic mass is 32.1. The van der Waals surface area contributed by atoms with Gasteiger partial charge in [-0.3, -0.25) is 4.68 Å². The highest BCUT2D eigenvalue weighted by Gasteiger charge is 2.06. The molecule has 0 spiro atoms. The topological polar surface area (TPSA) is 30.7 Å². The normalized spacial score (nSPS) is 10.5. The molecule has 0 radical (unpaired) electrons. The number of aromatic nitrogens is 3. The van der Waals surface area contributed by atoms with Crippen molar-refractivity contribution in [1.82, 2.24) is 14.8 Å². The predicted molar refractivity (Wildman–Crippen MR) is 49.1 cm³/mol. The molecule has 0 amide bonds. The Bertz CT molecular complexity index is 375. The zero-order valence-electron chi connectivity index (χ0n) is 6.98. The van der Waals surface area contributed by atoms with Crippen molar-refractivity contribution in [3.05, 3.63) is 22.7 Å². The van der Waals surface area contributed by atoms with Gasteiger partial charge in [0.25, 0.3) is 0 Å². The lowest BCUT2D eigenvalue weighted by Gasteiger charge is -1.89. The number of rotatable bonds is 1. The molecular weight excluding hydrogens is 170 g/mol. The van der Waals surface area contributed by atoms with Crippen molar-refractivity contribution in [2.75, 3.05) is 0 Å². The number of hydrogen-bond donors (Lipinski definition) is 0. The van der Waals surface area contributed by atoms with Crippen LogP contribution in [0.3, 0.4) is 0 Å². The van der Waals surface area contributed by atoms with Gasteiger partial charge in [0.2, 0.25) is 0 Å². The van der Waals surface area contributed by atoms with Crippen LogP contribution >= 0.6 is 11.3 Å². The molecule has 2 heterocycles. The van der Waals surface area contributed by atoms with E-state index >= 15 is 0 Å². The lowest BCUT2D eigenvalue weighted by atomic mass is 10.2. The maximum Gasteiger partial charge on any atom is 0.114 e. The third kappa shape index (κ3) is 1.14. The van der Waals surface area contributed by atoms with Crippen LogP contribution in [0.5, 0.6) is 0 Å². The molecule has 2 aromatic heterocycles. The van der Waals surface area contributed by atoms with Gasteiger partial charge in [-0.1, -0.05) is 0 Å². The Morgan fingerprint density at radius 3 is 2.83 bits per heavy atom. The summed E-state index contributed by atoms with van der Waals surface area (Å²) in [6.45, 7) is 2.04. The van der Waals surface area contributed by atoms with E-state index in [1.54, 1.807) is 11.3 Å². The Kier molecular flexibility index (Phi) is 1.69. The highest BCUT2D eigenvalue weighted by Crippen LogP contribution is 2.20. The SMILES string of the molecule is Cc1cn(C)nc1-c1cscn1. The maximum absolute atomic E-state index is 4.31. The summed E-state index contributed by atoms with van der Waals surface area (Å²) in [6.07, 6.45) is 1.99. The van der Waals surface area contributed by atoms with Gasteiger partial charge in [0.1, 0.15) is 11.4 Å². The van der Waals surface area contributed by atoms with Gasteiger partial charge in [0.15, 0.2) is 0 Å². The van der Waals surface area contributed by atoms with Gasteiger partial charge in [-0.15, -0.1) is 11.3 Å². The second-order valence-electron chi connectivity index (χ2n) is 2.71. The minimum absolute atomic E-state index is 0.970. The van der Waals surface area contributed by atoms with E-state index in [0.29, 0.717) is 0 Å². The molecule has 0 bridgehead atoms. The molecule has 62 valence electrons. The monoisotopic (exact) mass is 179 g/mol. The summed E-state index contributed by atoms with van der Waals surface area (Å²) in [6, 6.07) is 0. The Hall–Kier alpha value is -1.16. The van der Waals surface area contributed by atoms with Crippen molar-refractivity contribution in [3.8, 4) is 11.4 Å². The smallest absolute Gasteiger partial charge is 0.114 e. The van der Waals surface area contributed by atoms with E-state index in [-0.39, 0.29) is 0 Å². The first-order valence-electron chi connectivity index (χ1n) is 3.66. The molecule has 12 heavy (non-hydrogen) atoms. The fraction of sp³-hybridized carbons (Fsp3) is 0.250. The average Bonchev–Trinajstić information content (AvgIpc) is 2.58. The van der Waals surface area contributed by atoms with Gasteiger partial charge < -0.3 is 0 Å². The molecule has 0 N–H and O–H groups in total. The summed E-state index contributed by atoms with van der Waals surface area (Å²) < 4.78 is 1.81. The van der Waals surface area contributed by atoms with Crippen LogP contribution in [-0.2, 0) is 7.05 Å². The van der Waals surface area contributed by atoms with E-state index in [0.717, 1.165) is 11.4 Å². The van der Waals surface area contributed by atoms with E-state index in [9.17, 15) is 0 Å². The lowest BCUT2D eigenvalue weighted by molar-refractivity contribution is 0.769. The first kappa shape index (κ1) is 7.49. The number of hydrogen-bond acceptors (Lipinski definition) is 3. The Labute approximate surface area is 74.7 Å². The number of nitrogens with zero attached hydrogens (tertiary/aromatic N) is 3. The van der Waals surface area contributed by atoms with Crippen LogP contribution in [0.15, 0.2) is 17.1 Å². The zero-order chi connectivity index (χ0) is 8.55. The minimum Gasteiger partial charge on any atom is -0.275 e. The molecule has 0 atom stereocenters. The first-order valence-corrected chi connectivity index (χ1v) is 4.60. The van der Waals surface area contributed by atoms with E-state index in [4.69, 9.17) is 0 Å². The van der Waals surface area contributed by atoms with Crippen molar-refractivity contribution >= 4 is 11.3 Å². The van der Waals surface area contributed by atoms with Crippen LogP contribution in [0.1, 0.15) is 5.56 Å². The average molecular weight is 179 g/mol. The van der Waals surface area contributed by atoms with Crippen molar-refractivity contribution in [2.45, 2.75) is 6.92 Å². The molecule has 0 unspecified atom stereocenters. The molecule has 3 nitrogen and oxygen atoms in total. The molecule has 0 fully saturated rings. The maximum atomic E-state index is 4.31. The standard InChI is InChI=1S/C8H9N3S/c1-6-3-11(2)10-8(6)7-4-12-5-9-7/h3-5H,1-2H3. The van der Waals surface area contributed by atoms with Crippen LogP contribution in [0.4, 0.5) is 0 Å². The van der Waals surface area contributed by atoms with Crippen LogP contribution in [0.2, 0.25) is 0 Å². The van der Waals surface area contributed by atoms with Gasteiger partial charge in [-0.2, -0.15) is 5.10 Å². The molecule has 2 aromatic rings. The predicted octanol–water partition coefficient (Wildman–Crippen LogP) is 1.85. The van der Waals surface area contributed by atoms with Crippen molar-refractivity contribution < 1.29 is 0 Å². The van der Waals surface area contributed by atoms with Crippen LogP contribution in [0, 0.1) is 6.92 Å². The second-order valence-corrected chi connectivity index (χ2v) is 3.43. The van der Waals surface area contributed by atoms with E-state index in [1.807, 2.05) is 35.7 Å². The Morgan fingerprint density at radius 1 is 1.50 bits per heavy atom. The number of thiazole rings is 1. The van der Waals surface area contributed by atoms with Crippen LogP contribution < -0.4 is 0 Å². The van der Waals surface area contributed by atoms with Gasteiger partial charge in [0.05, 0.1) is 5.51 Å². The van der Waals surface area contributed by atoms with Crippen LogP contribution in [-0.4, -0.2) is 14.8 Å². The third-order valence-electron chi connectivity index (χ3n) is 1.69. The number of aryl methyl sites for hydroxylation is 2. The molecule has 0 saturated heterocycles. The molecule has 0 aliphatic heterocycles. The van der Waals surface area contributed by atoms with Gasteiger partial charge in [-0.25, -0.2) is 4.98 Å². The molecular formula is C8H9N3S. The molecule has 4 heteroatoms. The third-order valence-corrected chi connectivity index (χ3v) is 2.27. The van der Waals surface area contributed by atoms with Gasteiger partial charge in [0, 0.05) is 18.6 Å². The zero-order valence-corrected chi connectivity index (χ0v) is 7.80. The lowest BCUT2D eigenvalue weighted by Crippen LogP contribution is -1.87. The van der Waals surface area contributed by atoms with E-state index < -0.39 is 0 Å². The summed E-state index contributed by atoms with van der Waals surface area (Å²) in [4.78, 5) is 4.20. The fourth-order valence-corrected chi connectivity index (χ4v) is 1.73. The largest absolute Gasteiger partial charge is 0.275 e. The minimum atomic E-state index is 0.970. The molecule has 0 saturated carbocycles. The quantitative estimate of drug-likeness (QED) is 0.669. The molecule has 2 rings (SSSR count). The second kappa shape index (κ2) is 2.71. The summed E-state index contributed by atoms with van der Waals surface area (Å²) in [5, 5.41) is 6.32. The summed E-state index contributed by atoms with van der Waals surface area (Å²) in [7, 11) is 1.92. The summed E-state index contributed by atoms with van der Waals surface area (Å²) in [5.74, 6) is 0. The van der Waals surface area contributed by atoms with Crippen LogP contribution in [0.25, 0.3) is 11.4 Å². The van der Waals surface area contributed by atoms with Gasteiger partial charge in [-0.05, 0) is 12.5 Å². The van der Waals surface area contributed by atoms with Crippen molar-refractivity contribution in [3.63, 3.8) is 0 Å². The van der Waals surface area contributed by atoms with Crippen molar-refractivity contribution in [2.24, 2.45) is 7.05 Å². The Balaban J connectivity index is 2.54. The first-order chi connectivity index (χ1) is 5.77. The highest BCUT2D eigenvalue weighted by molar-refractivity contribution is 7.07. The molecule has 0 aromatic carbocycles. The Morgan fingerprint density at radius 2 is 2.33 bits per heavy atom. The molecule has 0 aliphatic carbocycles. The van der Waals surface area contributed by atoms with E-state index in [1.165, 1.54) is 5.56 Å². The van der Waals surface area contributed by atoms with Gasteiger partial charge >= 0.3 is 0 Å². The van der Waals surface area contributed by atoms with Crippen molar-refractivity contribution in [1.29, 1.82) is 0 Å². The summed E-state index contributed by atoms with van der Waals surface area (Å²) in [5.41, 5.74) is 4.95. The summed E-state index contributed by atoms with van der Waals surface area (Å²) >= 11 is 1.59. The molecule has 0 aliphatic rings. The fourth-order valence-electron chi connectivity index (χ4n) is 1.19. The van der Waals surface area contributed by atoms with E-state index in [2.05, 4.69) is 10.1 Å².